The minimum atomic E-state index is -3.09. The second kappa shape index (κ2) is 7.73. The van der Waals surface area contributed by atoms with Crippen LogP contribution in [0.15, 0.2) is 18.2 Å². The Morgan fingerprint density at radius 1 is 1.16 bits per heavy atom. The zero-order valence-corrected chi connectivity index (χ0v) is 15.2. The number of ether oxygens (including phenoxy) is 3. The van der Waals surface area contributed by atoms with Gasteiger partial charge in [-0.25, -0.2) is 13.2 Å². The van der Waals surface area contributed by atoms with E-state index in [1.165, 1.54) is 38.3 Å². The summed E-state index contributed by atoms with van der Waals surface area (Å²) in [5.74, 6) is -0.297. The van der Waals surface area contributed by atoms with Crippen LogP contribution in [0.5, 0.6) is 11.5 Å². The molecule has 0 N–H and O–H groups in total. The van der Waals surface area contributed by atoms with Crippen molar-refractivity contribution in [1.82, 2.24) is 4.90 Å². The van der Waals surface area contributed by atoms with Crippen LogP contribution < -0.4 is 9.47 Å². The molecule has 1 aliphatic heterocycles. The van der Waals surface area contributed by atoms with E-state index in [9.17, 15) is 18.0 Å². The van der Waals surface area contributed by atoms with Gasteiger partial charge in [-0.3, -0.25) is 4.79 Å². The molecular weight excluding hydrogens is 350 g/mol. The minimum Gasteiger partial charge on any atom is -0.497 e. The highest BCUT2D eigenvalue weighted by atomic mass is 32.2. The predicted octanol–water partition coefficient (Wildman–Crippen LogP) is 0.506. The Kier molecular flexibility index (Phi) is 5.89. The third-order valence-electron chi connectivity index (χ3n) is 4.06. The maximum absolute atomic E-state index is 12.1. The van der Waals surface area contributed by atoms with Gasteiger partial charge in [0.05, 0.1) is 31.3 Å². The molecule has 0 bridgehead atoms. The number of carbonyl (C=O) groups excluding carboxylic acids is 2. The van der Waals surface area contributed by atoms with Crippen LogP contribution in [0.1, 0.15) is 16.8 Å². The van der Waals surface area contributed by atoms with Crippen molar-refractivity contribution in [2.75, 3.05) is 39.4 Å². The number of hydrogen-bond donors (Lipinski definition) is 0. The topological polar surface area (TPSA) is 99.2 Å². The third-order valence-corrected chi connectivity index (χ3v) is 5.81. The van der Waals surface area contributed by atoms with Crippen molar-refractivity contribution in [3.63, 3.8) is 0 Å². The fourth-order valence-corrected chi connectivity index (χ4v) is 4.30. The van der Waals surface area contributed by atoms with Crippen LogP contribution in [0.3, 0.4) is 0 Å². The first-order valence-electron chi connectivity index (χ1n) is 7.62. The molecule has 0 saturated carbocycles. The second-order valence-corrected chi connectivity index (χ2v) is 7.97. The highest BCUT2D eigenvalue weighted by molar-refractivity contribution is 7.91. The molecule has 1 saturated heterocycles. The number of amides is 1. The number of sulfone groups is 1. The molecular formula is C16H21NO7S. The highest BCUT2D eigenvalue weighted by Gasteiger charge is 2.33. The highest BCUT2D eigenvalue weighted by Crippen LogP contribution is 2.23. The lowest BCUT2D eigenvalue weighted by Crippen LogP contribution is -2.40. The van der Waals surface area contributed by atoms with Crippen LogP contribution in [0.25, 0.3) is 0 Å². The maximum Gasteiger partial charge on any atom is 0.338 e. The van der Waals surface area contributed by atoms with Crippen LogP contribution in [0.4, 0.5) is 0 Å². The van der Waals surface area contributed by atoms with E-state index in [0.29, 0.717) is 17.9 Å². The van der Waals surface area contributed by atoms with Gasteiger partial charge in [-0.1, -0.05) is 0 Å². The molecule has 25 heavy (non-hydrogen) atoms. The number of likely N-dealkylation sites (N-methyl/N-ethyl adjacent to an activating group) is 1. The summed E-state index contributed by atoms with van der Waals surface area (Å²) in [6.07, 6.45) is 0.394. The third kappa shape index (κ3) is 4.85. The van der Waals surface area contributed by atoms with Gasteiger partial charge in [-0.15, -0.1) is 0 Å². The zero-order chi connectivity index (χ0) is 18.6. The van der Waals surface area contributed by atoms with Gasteiger partial charge in [0.25, 0.3) is 5.91 Å². The summed E-state index contributed by atoms with van der Waals surface area (Å²) in [5, 5.41) is 0. The maximum atomic E-state index is 12.1. The number of benzene rings is 1. The number of nitrogens with zero attached hydrogens (tertiary/aromatic N) is 1. The molecule has 1 amide bonds. The van der Waals surface area contributed by atoms with Crippen LogP contribution in [0, 0.1) is 0 Å². The summed E-state index contributed by atoms with van der Waals surface area (Å²) in [4.78, 5) is 25.6. The standard InChI is InChI=1S/C16H21NO7S/c1-17(12-4-5-25(20,21)10-12)15(18)9-24-16(19)11-6-13(22-2)8-14(7-11)23-3/h6-8,12H,4-5,9-10H2,1-3H3/t12-/m1/s1. The average molecular weight is 371 g/mol. The van der Waals surface area contributed by atoms with E-state index < -0.39 is 28.3 Å². The Hall–Kier alpha value is -2.29. The minimum absolute atomic E-state index is 0.0593. The van der Waals surface area contributed by atoms with Gasteiger partial charge in [0.2, 0.25) is 0 Å². The van der Waals surface area contributed by atoms with E-state index in [2.05, 4.69) is 0 Å². The lowest BCUT2D eigenvalue weighted by atomic mass is 10.2. The van der Waals surface area contributed by atoms with E-state index in [0.717, 1.165) is 0 Å². The van der Waals surface area contributed by atoms with E-state index in [1.54, 1.807) is 6.07 Å². The predicted molar refractivity (Wildman–Crippen MR) is 89.7 cm³/mol. The van der Waals surface area contributed by atoms with Crippen molar-refractivity contribution >= 4 is 21.7 Å². The monoisotopic (exact) mass is 371 g/mol. The number of hydrogen-bond acceptors (Lipinski definition) is 7. The smallest absolute Gasteiger partial charge is 0.338 e. The zero-order valence-electron chi connectivity index (χ0n) is 14.4. The first-order valence-corrected chi connectivity index (χ1v) is 9.44. The van der Waals surface area contributed by atoms with E-state index in [-0.39, 0.29) is 23.1 Å². The van der Waals surface area contributed by atoms with Gasteiger partial charge in [0.15, 0.2) is 16.4 Å². The molecule has 8 nitrogen and oxygen atoms in total. The van der Waals surface area contributed by atoms with Crippen molar-refractivity contribution in [1.29, 1.82) is 0 Å². The molecule has 1 aromatic rings. The van der Waals surface area contributed by atoms with E-state index in [4.69, 9.17) is 14.2 Å². The molecule has 1 aromatic carbocycles. The lowest BCUT2D eigenvalue weighted by molar-refractivity contribution is -0.134. The molecule has 0 aromatic heterocycles. The van der Waals surface area contributed by atoms with Crippen LogP contribution in [0.2, 0.25) is 0 Å². The summed E-state index contributed by atoms with van der Waals surface area (Å²) in [6.45, 7) is -0.467. The number of esters is 1. The number of carbonyl (C=O) groups is 2. The van der Waals surface area contributed by atoms with Crippen molar-refractivity contribution in [3.8, 4) is 11.5 Å². The molecule has 0 radical (unpaired) electrons. The van der Waals surface area contributed by atoms with E-state index >= 15 is 0 Å². The normalized spacial score (nSPS) is 18.4. The molecule has 2 rings (SSSR count). The lowest BCUT2D eigenvalue weighted by Gasteiger charge is -2.23. The number of methoxy groups -OCH3 is 2. The van der Waals surface area contributed by atoms with Gasteiger partial charge >= 0.3 is 5.97 Å². The SMILES string of the molecule is COc1cc(OC)cc(C(=O)OCC(=O)N(C)[C@@H]2CCS(=O)(=O)C2)c1. The molecule has 1 heterocycles. The summed E-state index contributed by atoms with van der Waals surface area (Å²) < 4.78 is 38.2. The molecule has 1 fully saturated rings. The quantitative estimate of drug-likeness (QED) is 0.672. The Labute approximate surface area is 146 Å². The molecule has 1 aliphatic rings. The molecule has 0 aliphatic carbocycles. The van der Waals surface area contributed by atoms with Crippen LogP contribution in [-0.4, -0.2) is 70.6 Å². The van der Waals surface area contributed by atoms with Gasteiger partial charge < -0.3 is 19.1 Å². The average Bonchev–Trinajstić information content (AvgIpc) is 2.97. The fourth-order valence-electron chi connectivity index (χ4n) is 2.52. The summed E-state index contributed by atoms with van der Waals surface area (Å²) in [7, 11) is 1.33. The van der Waals surface area contributed by atoms with Gasteiger partial charge in [0.1, 0.15) is 11.5 Å². The summed E-state index contributed by atoms with van der Waals surface area (Å²) in [6, 6.07) is 4.18. The van der Waals surface area contributed by atoms with Crippen molar-refractivity contribution in [3.05, 3.63) is 23.8 Å². The fraction of sp³-hybridized carbons (Fsp3) is 0.500. The molecule has 1 atom stereocenters. The Morgan fingerprint density at radius 3 is 2.24 bits per heavy atom. The van der Waals surface area contributed by atoms with Crippen molar-refractivity contribution in [2.24, 2.45) is 0 Å². The molecule has 9 heteroatoms. The van der Waals surface area contributed by atoms with E-state index in [1.807, 2.05) is 0 Å². The first-order chi connectivity index (χ1) is 11.8. The van der Waals surface area contributed by atoms with Gasteiger partial charge in [-0.05, 0) is 18.6 Å². The largest absolute Gasteiger partial charge is 0.497 e. The molecule has 0 spiro atoms. The van der Waals surface area contributed by atoms with Crippen LogP contribution in [-0.2, 0) is 19.4 Å². The molecule has 138 valence electrons. The van der Waals surface area contributed by atoms with Crippen molar-refractivity contribution in [2.45, 2.75) is 12.5 Å². The Bertz CT molecular complexity index is 737. The molecule has 0 unspecified atom stereocenters. The Balaban J connectivity index is 1.96. The Morgan fingerprint density at radius 2 is 1.76 bits per heavy atom. The first kappa shape index (κ1) is 19.0. The summed E-state index contributed by atoms with van der Waals surface area (Å²) >= 11 is 0. The van der Waals surface area contributed by atoms with Gasteiger partial charge in [0, 0.05) is 19.2 Å². The van der Waals surface area contributed by atoms with Crippen molar-refractivity contribution < 1.29 is 32.2 Å². The summed E-state index contributed by atoms with van der Waals surface area (Å²) in [5.41, 5.74) is 0.190. The number of rotatable bonds is 6. The van der Waals surface area contributed by atoms with Crippen LogP contribution >= 0.6 is 0 Å². The van der Waals surface area contributed by atoms with Gasteiger partial charge in [-0.2, -0.15) is 0 Å². The second-order valence-electron chi connectivity index (χ2n) is 5.74.